The van der Waals surface area contributed by atoms with Crippen LogP contribution >= 0.6 is 11.6 Å². The molecule has 1 aliphatic heterocycles. The first-order chi connectivity index (χ1) is 9.74. The fourth-order valence-electron chi connectivity index (χ4n) is 2.46. The molecule has 0 saturated heterocycles. The zero-order chi connectivity index (χ0) is 13.9. The highest BCUT2D eigenvalue weighted by Crippen LogP contribution is 2.19. The van der Waals surface area contributed by atoms with Gasteiger partial charge in [-0.25, -0.2) is 9.97 Å². The van der Waals surface area contributed by atoms with Gasteiger partial charge >= 0.3 is 0 Å². The fourth-order valence-corrected chi connectivity index (χ4v) is 2.56. The van der Waals surface area contributed by atoms with Crippen molar-refractivity contribution >= 4 is 17.5 Å². The van der Waals surface area contributed by atoms with Crippen LogP contribution < -0.4 is 0 Å². The number of nitrogens with zero attached hydrogens (tertiary/aromatic N) is 3. The topological polar surface area (TPSA) is 46.1 Å². The van der Waals surface area contributed by atoms with Crippen molar-refractivity contribution in [2.45, 2.75) is 19.4 Å². The number of hydrogen-bond donors (Lipinski definition) is 0. The first kappa shape index (κ1) is 13.1. The molecule has 0 saturated carbocycles. The van der Waals surface area contributed by atoms with Gasteiger partial charge < -0.3 is 4.90 Å². The van der Waals surface area contributed by atoms with Crippen molar-refractivity contribution in [1.29, 1.82) is 0 Å². The maximum Gasteiger partial charge on any atom is 0.274 e. The van der Waals surface area contributed by atoms with Crippen LogP contribution in [-0.4, -0.2) is 27.3 Å². The third-order valence-corrected chi connectivity index (χ3v) is 3.68. The molecule has 20 heavy (non-hydrogen) atoms. The predicted molar refractivity (Wildman–Crippen MR) is 76.5 cm³/mol. The van der Waals surface area contributed by atoms with Gasteiger partial charge in [0, 0.05) is 13.1 Å². The molecule has 5 heteroatoms. The second-order valence-corrected chi connectivity index (χ2v) is 5.21. The lowest BCUT2D eigenvalue weighted by atomic mass is 10.0. The van der Waals surface area contributed by atoms with E-state index >= 15 is 0 Å². The van der Waals surface area contributed by atoms with Gasteiger partial charge in [-0.3, -0.25) is 4.79 Å². The van der Waals surface area contributed by atoms with E-state index in [4.69, 9.17) is 11.6 Å². The average molecular weight is 288 g/mol. The lowest BCUT2D eigenvalue weighted by Crippen LogP contribution is -2.31. The summed E-state index contributed by atoms with van der Waals surface area (Å²) < 4.78 is 0. The third kappa shape index (κ3) is 2.65. The van der Waals surface area contributed by atoms with Crippen molar-refractivity contribution in [1.82, 2.24) is 14.9 Å². The van der Waals surface area contributed by atoms with Gasteiger partial charge in [-0.05, 0) is 24.0 Å². The number of halogens is 1. The molecule has 1 aromatic carbocycles. The van der Waals surface area contributed by atoms with Crippen molar-refractivity contribution in [3.05, 3.63) is 58.6 Å². The summed E-state index contributed by atoms with van der Waals surface area (Å²) in [5, 5.41) is 0.294. The van der Waals surface area contributed by atoms with Crippen LogP contribution in [0.15, 0.2) is 36.7 Å². The highest BCUT2D eigenvalue weighted by atomic mass is 35.5. The summed E-state index contributed by atoms with van der Waals surface area (Å²) in [4.78, 5) is 22.2. The van der Waals surface area contributed by atoms with E-state index in [9.17, 15) is 4.79 Å². The smallest absolute Gasteiger partial charge is 0.274 e. The highest BCUT2D eigenvalue weighted by molar-refractivity contribution is 6.29. The molecule has 0 fully saturated rings. The number of rotatable bonds is 1. The van der Waals surface area contributed by atoms with E-state index in [1.54, 1.807) is 0 Å². The van der Waals surface area contributed by atoms with Gasteiger partial charge in [0.15, 0.2) is 0 Å². The van der Waals surface area contributed by atoms with E-state index in [0.717, 1.165) is 19.4 Å². The van der Waals surface area contributed by atoms with E-state index in [1.165, 1.54) is 23.5 Å². The van der Waals surface area contributed by atoms with Crippen LogP contribution in [0.25, 0.3) is 0 Å². The van der Waals surface area contributed by atoms with E-state index in [-0.39, 0.29) is 5.91 Å². The lowest BCUT2D eigenvalue weighted by Gasteiger charge is -2.20. The van der Waals surface area contributed by atoms with Crippen LogP contribution in [0.3, 0.4) is 0 Å². The molecule has 1 aliphatic rings. The highest BCUT2D eigenvalue weighted by Gasteiger charge is 2.21. The minimum atomic E-state index is -0.0918. The van der Waals surface area contributed by atoms with Gasteiger partial charge in [0.1, 0.15) is 10.8 Å². The Morgan fingerprint density at radius 3 is 2.70 bits per heavy atom. The van der Waals surface area contributed by atoms with E-state index in [2.05, 4.69) is 22.1 Å². The van der Waals surface area contributed by atoms with Crippen LogP contribution in [0.2, 0.25) is 5.15 Å². The molecular weight excluding hydrogens is 274 g/mol. The van der Waals surface area contributed by atoms with Crippen LogP contribution in [0.5, 0.6) is 0 Å². The van der Waals surface area contributed by atoms with E-state index < -0.39 is 0 Å². The van der Waals surface area contributed by atoms with Gasteiger partial charge in [0.25, 0.3) is 5.91 Å². The Hall–Kier alpha value is -1.94. The SMILES string of the molecule is O=C(c1cnc(Cl)cn1)N1CCCc2ccccc2C1. The van der Waals surface area contributed by atoms with Gasteiger partial charge in [-0.2, -0.15) is 0 Å². The number of carbonyl (C=O) groups excluding carboxylic acids is 1. The van der Waals surface area contributed by atoms with Crippen molar-refractivity contribution in [3.8, 4) is 0 Å². The normalized spacial score (nSPS) is 14.6. The molecule has 4 nitrogen and oxygen atoms in total. The Balaban J connectivity index is 1.84. The number of fused-ring (bicyclic) bond motifs is 1. The van der Waals surface area contributed by atoms with Crippen molar-refractivity contribution in [2.24, 2.45) is 0 Å². The minimum absolute atomic E-state index is 0.0918. The minimum Gasteiger partial charge on any atom is -0.333 e. The molecule has 0 radical (unpaired) electrons. The molecule has 1 aromatic heterocycles. The first-order valence-electron chi connectivity index (χ1n) is 6.57. The summed E-state index contributed by atoms with van der Waals surface area (Å²) in [5.74, 6) is -0.0918. The molecule has 3 rings (SSSR count). The number of amides is 1. The Kier molecular flexibility index (Phi) is 3.65. The molecule has 0 bridgehead atoms. The Morgan fingerprint density at radius 1 is 1.15 bits per heavy atom. The lowest BCUT2D eigenvalue weighted by molar-refractivity contribution is 0.0739. The molecule has 102 valence electrons. The van der Waals surface area contributed by atoms with Crippen LogP contribution in [0.4, 0.5) is 0 Å². The maximum absolute atomic E-state index is 12.5. The summed E-state index contributed by atoms with van der Waals surface area (Å²) in [6, 6.07) is 8.26. The molecule has 0 N–H and O–H groups in total. The maximum atomic E-state index is 12.5. The summed E-state index contributed by atoms with van der Waals surface area (Å²) in [5.41, 5.74) is 2.87. The van der Waals surface area contributed by atoms with Gasteiger partial charge in [-0.1, -0.05) is 35.9 Å². The number of aryl methyl sites for hydroxylation is 1. The number of aromatic nitrogens is 2. The Bertz CT molecular complexity index is 627. The van der Waals surface area contributed by atoms with Crippen molar-refractivity contribution in [2.75, 3.05) is 6.54 Å². The molecule has 0 unspecified atom stereocenters. The summed E-state index contributed by atoms with van der Waals surface area (Å²) >= 11 is 5.70. The number of hydrogen-bond acceptors (Lipinski definition) is 3. The van der Waals surface area contributed by atoms with Crippen molar-refractivity contribution < 1.29 is 4.79 Å². The van der Waals surface area contributed by atoms with E-state index in [1.807, 2.05) is 17.0 Å². The Morgan fingerprint density at radius 2 is 1.95 bits per heavy atom. The molecule has 0 spiro atoms. The molecule has 2 aromatic rings. The molecule has 2 heterocycles. The number of carbonyl (C=O) groups is 1. The standard InChI is InChI=1S/C15H14ClN3O/c16-14-9-17-13(8-18-14)15(20)19-7-3-6-11-4-1-2-5-12(11)10-19/h1-2,4-5,8-9H,3,6-7,10H2. The molecule has 1 amide bonds. The Labute approximate surface area is 122 Å². The second kappa shape index (κ2) is 5.59. The first-order valence-corrected chi connectivity index (χ1v) is 6.95. The third-order valence-electron chi connectivity index (χ3n) is 3.48. The molecule has 0 atom stereocenters. The van der Waals surface area contributed by atoms with Crippen LogP contribution in [0, 0.1) is 0 Å². The largest absolute Gasteiger partial charge is 0.333 e. The average Bonchev–Trinajstić information content (AvgIpc) is 2.69. The monoisotopic (exact) mass is 287 g/mol. The van der Waals surface area contributed by atoms with Crippen LogP contribution in [0.1, 0.15) is 28.0 Å². The predicted octanol–water partition coefficient (Wildman–Crippen LogP) is 2.72. The summed E-state index contributed by atoms with van der Waals surface area (Å²) in [6.45, 7) is 1.36. The molecular formula is C15H14ClN3O. The zero-order valence-electron chi connectivity index (χ0n) is 10.9. The summed E-state index contributed by atoms with van der Waals surface area (Å²) in [7, 11) is 0. The van der Waals surface area contributed by atoms with Crippen molar-refractivity contribution in [3.63, 3.8) is 0 Å². The van der Waals surface area contributed by atoms with Gasteiger partial charge in [-0.15, -0.1) is 0 Å². The second-order valence-electron chi connectivity index (χ2n) is 4.82. The fraction of sp³-hybridized carbons (Fsp3) is 0.267. The zero-order valence-corrected chi connectivity index (χ0v) is 11.7. The van der Waals surface area contributed by atoms with Crippen LogP contribution in [-0.2, 0) is 13.0 Å². The quantitative estimate of drug-likeness (QED) is 0.810. The molecule has 0 aliphatic carbocycles. The van der Waals surface area contributed by atoms with Gasteiger partial charge in [0.05, 0.1) is 12.4 Å². The summed E-state index contributed by atoms with van der Waals surface area (Å²) in [6.07, 6.45) is 4.80. The van der Waals surface area contributed by atoms with Gasteiger partial charge in [0.2, 0.25) is 0 Å². The number of benzene rings is 1. The van der Waals surface area contributed by atoms with E-state index in [0.29, 0.717) is 17.4 Å².